The summed E-state index contributed by atoms with van der Waals surface area (Å²) in [6, 6.07) is -2.84. The monoisotopic (exact) mass is 606 g/mol. The van der Waals surface area contributed by atoms with Crippen molar-refractivity contribution in [2.75, 3.05) is 20.8 Å². The first-order valence-corrected chi connectivity index (χ1v) is 12.4. The third-order valence-electron chi connectivity index (χ3n) is 4.69. The van der Waals surface area contributed by atoms with Gasteiger partial charge in [-0.25, -0.2) is 19.2 Å². The number of amides is 2. The first-order chi connectivity index (χ1) is 17.4. The summed E-state index contributed by atoms with van der Waals surface area (Å²) in [5.74, 6) is -6.01. The molecule has 0 heterocycles. The third kappa shape index (κ3) is 13.3. The van der Waals surface area contributed by atoms with Crippen molar-refractivity contribution in [2.45, 2.75) is 69.1 Å². The van der Waals surface area contributed by atoms with E-state index < -0.39 is 88.8 Å². The van der Waals surface area contributed by atoms with E-state index in [1.165, 1.54) is 6.92 Å². The lowest BCUT2D eigenvalue weighted by atomic mass is 10.1. The predicted octanol–water partition coefficient (Wildman–Crippen LogP) is 1.83. The van der Waals surface area contributed by atoms with Crippen molar-refractivity contribution < 1.29 is 52.5 Å². The second-order valence-corrected chi connectivity index (χ2v) is 11.1. The molecule has 4 atom stereocenters. The molecule has 38 heavy (non-hydrogen) atoms. The van der Waals surface area contributed by atoms with Crippen LogP contribution < -0.4 is 10.6 Å². The number of carbonyl (C=O) groups excluding carboxylic acids is 6. The lowest BCUT2D eigenvalue weighted by Crippen LogP contribution is -2.51. The van der Waals surface area contributed by atoms with Gasteiger partial charge in [-0.3, -0.25) is 9.59 Å². The molecular weight excluding hydrogens is 575 g/mol. The van der Waals surface area contributed by atoms with Crippen molar-refractivity contribution in [1.82, 2.24) is 10.6 Å². The van der Waals surface area contributed by atoms with Crippen LogP contribution in [0.2, 0.25) is 0 Å². The van der Waals surface area contributed by atoms with Gasteiger partial charge in [-0.1, -0.05) is 62.5 Å². The van der Waals surface area contributed by atoms with Crippen LogP contribution in [0.25, 0.3) is 0 Å². The quantitative estimate of drug-likeness (QED) is 0.178. The van der Waals surface area contributed by atoms with E-state index in [1.807, 2.05) is 0 Å². The maximum absolute atomic E-state index is 12.8. The summed E-state index contributed by atoms with van der Waals surface area (Å²) in [5.41, 5.74) is 0. The van der Waals surface area contributed by atoms with Crippen LogP contribution in [0.4, 0.5) is 4.79 Å². The molecule has 0 rings (SSSR count). The number of methoxy groups -OCH3 is 2. The van der Waals surface area contributed by atoms with Crippen LogP contribution in [-0.4, -0.2) is 84.8 Å². The average Bonchev–Trinajstić information content (AvgIpc) is 2.81. The molecule has 2 amide bonds. The van der Waals surface area contributed by atoms with Crippen LogP contribution in [-0.2, 0) is 47.7 Å². The Hall–Kier alpha value is -2.51. The lowest BCUT2D eigenvalue weighted by Gasteiger charge is -2.25. The minimum Gasteiger partial charge on any atom is -0.466 e. The fourth-order valence-electron chi connectivity index (χ4n) is 2.63. The number of rotatable bonds is 13. The highest BCUT2D eigenvalue weighted by molar-refractivity contribution is 6.67. The Morgan fingerprint density at radius 3 is 1.79 bits per heavy atom. The third-order valence-corrected chi connectivity index (χ3v) is 5.02. The number of hydrogen-bond acceptors (Lipinski definition) is 11. The lowest BCUT2D eigenvalue weighted by molar-refractivity contribution is -0.172. The van der Waals surface area contributed by atoms with E-state index in [0.717, 1.165) is 14.2 Å². The van der Waals surface area contributed by atoms with E-state index in [-0.39, 0.29) is 0 Å². The predicted molar refractivity (Wildman–Crippen MR) is 134 cm³/mol. The molecule has 0 radical (unpaired) electrons. The molecule has 16 heteroatoms. The van der Waals surface area contributed by atoms with Crippen LogP contribution in [0.1, 0.15) is 41.0 Å². The number of halogens is 3. The van der Waals surface area contributed by atoms with Crippen molar-refractivity contribution in [2.24, 2.45) is 11.8 Å². The largest absolute Gasteiger partial charge is 0.466 e. The van der Waals surface area contributed by atoms with Crippen LogP contribution >= 0.6 is 34.8 Å². The van der Waals surface area contributed by atoms with Crippen LogP contribution in [0.15, 0.2) is 0 Å². The fourth-order valence-corrected chi connectivity index (χ4v) is 2.80. The van der Waals surface area contributed by atoms with Crippen molar-refractivity contribution >= 4 is 70.7 Å². The molecule has 2 N–H and O–H groups in total. The summed E-state index contributed by atoms with van der Waals surface area (Å²) in [6.45, 7) is 6.93. The first-order valence-electron chi connectivity index (χ1n) is 11.3. The summed E-state index contributed by atoms with van der Waals surface area (Å²) >= 11 is 16.7. The van der Waals surface area contributed by atoms with Crippen LogP contribution in [0, 0.1) is 11.8 Å². The van der Waals surface area contributed by atoms with E-state index in [1.54, 1.807) is 27.7 Å². The molecular formula is C22H33Cl3N2O11. The van der Waals surface area contributed by atoms with Gasteiger partial charge in [0.2, 0.25) is 9.90 Å². The zero-order valence-corrected chi connectivity index (χ0v) is 24.3. The second-order valence-electron chi connectivity index (χ2n) is 8.60. The standard InChI is InChI=1S/C22H33Cl3N2O11/c1-10(2)15(27-21(33)35-7)19(31)37-12(5)17(29)26-13(8-14(28)36-9-22(23,24)25)18(30)38-16(11(3)4)20(32)34-6/h10-13,15-16H,8-9H2,1-7H3,(H,26,29)(H,27,33)/t12-,13?,15?,16?/m0/s1. The Balaban J connectivity index is 5.66. The Bertz CT molecular complexity index is 862. The van der Waals surface area contributed by atoms with E-state index in [4.69, 9.17) is 49.0 Å². The van der Waals surface area contributed by atoms with Gasteiger partial charge in [0.05, 0.1) is 20.6 Å². The fraction of sp³-hybridized carbons (Fsp3) is 0.727. The molecule has 0 aliphatic heterocycles. The highest BCUT2D eigenvalue weighted by atomic mass is 35.6. The van der Waals surface area contributed by atoms with Gasteiger partial charge < -0.3 is 34.3 Å². The molecule has 0 aliphatic carbocycles. The van der Waals surface area contributed by atoms with Gasteiger partial charge in [0.15, 0.2) is 6.10 Å². The highest BCUT2D eigenvalue weighted by Gasteiger charge is 2.36. The van der Waals surface area contributed by atoms with Crippen LogP contribution in [0.5, 0.6) is 0 Å². The molecule has 0 spiro atoms. The smallest absolute Gasteiger partial charge is 0.407 e. The van der Waals surface area contributed by atoms with E-state index in [0.29, 0.717) is 0 Å². The summed E-state index contributed by atoms with van der Waals surface area (Å²) in [4.78, 5) is 73.9. The van der Waals surface area contributed by atoms with Gasteiger partial charge in [0.1, 0.15) is 18.7 Å². The van der Waals surface area contributed by atoms with Crippen molar-refractivity contribution in [3.63, 3.8) is 0 Å². The number of esters is 4. The number of alkyl carbamates (subject to hydrolysis) is 1. The van der Waals surface area contributed by atoms with Gasteiger partial charge in [0.25, 0.3) is 5.91 Å². The van der Waals surface area contributed by atoms with Gasteiger partial charge in [0, 0.05) is 5.92 Å². The minimum absolute atomic E-state index is 0.432. The van der Waals surface area contributed by atoms with Crippen molar-refractivity contribution in [1.29, 1.82) is 0 Å². The molecule has 0 saturated heterocycles. The van der Waals surface area contributed by atoms with E-state index in [2.05, 4.69) is 20.1 Å². The molecule has 0 aromatic carbocycles. The topological polar surface area (TPSA) is 173 Å². The molecule has 218 valence electrons. The number of nitrogens with one attached hydrogen (secondary N) is 2. The van der Waals surface area contributed by atoms with Gasteiger partial charge in [-0.05, 0) is 12.8 Å². The van der Waals surface area contributed by atoms with Gasteiger partial charge >= 0.3 is 30.0 Å². The normalized spacial score (nSPS) is 14.4. The van der Waals surface area contributed by atoms with E-state index >= 15 is 0 Å². The molecule has 0 aromatic rings. The summed E-state index contributed by atoms with van der Waals surface area (Å²) in [5, 5.41) is 4.51. The Morgan fingerprint density at radius 1 is 0.763 bits per heavy atom. The maximum Gasteiger partial charge on any atom is 0.407 e. The van der Waals surface area contributed by atoms with Crippen LogP contribution in [0.3, 0.4) is 0 Å². The van der Waals surface area contributed by atoms with E-state index in [9.17, 15) is 28.8 Å². The molecule has 3 unspecified atom stereocenters. The first kappa shape index (κ1) is 35.5. The summed E-state index contributed by atoms with van der Waals surface area (Å²) in [7, 11) is 2.20. The number of hydrogen-bond donors (Lipinski definition) is 2. The minimum atomic E-state index is -1.93. The maximum atomic E-state index is 12.8. The zero-order chi connectivity index (χ0) is 29.8. The average molecular weight is 608 g/mol. The highest BCUT2D eigenvalue weighted by Crippen LogP contribution is 2.26. The molecule has 0 saturated carbocycles. The molecule has 0 fully saturated rings. The summed E-state index contributed by atoms with van der Waals surface area (Å²) in [6.07, 6.45) is -4.51. The van der Waals surface area contributed by atoms with Crippen molar-refractivity contribution in [3.05, 3.63) is 0 Å². The summed E-state index contributed by atoms with van der Waals surface area (Å²) < 4.78 is 22.2. The number of carbonyl (C=O) groups is 6. The Labute approximate surface area is 235 Å². The molecule has 0 aromatic heterocycles. The van der Waals surface area contributed by atoms with Gasteiger partial charge in [-0.2, -0.15) is 0 Å². The zero-order valence-electron chi connectivity index (χ0n) is 22.0. The Morgan fingerprint density at radius 2 is 1.34 bits per heavy atom. The van der Waals surface area contributed by atoms with Gasteiger partial charge in [-0.15, -0.1) is 0 Å². The van der Waals surface area contributed by atoms with Crippen molar-refractivity contribution in [3.8, 4) is 0 Å². The molecule has 13 nitrogen and oxygen atoms in total. The number of alkyl halides is 3. The Kier molecular flexibility index (Phi) is 15.4. The molecule has 0 bridgehead atoms. The molecule has 0 aliphatic rings. The second kappa shape index (κ2) is 16.5. The number of ether oxygens (including phenoxy) is 5. The SMILES string of the molecule is COC(=O)NC(C(=O)O[C@@H](C)C(=O)NC(CC(=O)OCC(Cl)(Cl)Cl)C(=O)OC(C(=O)OC)C(C)C)C(C)C.